The summed E-state index contributed by atoms with van der Waals surface area (Å²) in [5, 5.41) is 3.62. The molecule has 0 spiro atoms. The molecular formula is C9H22N4OS. The smallest absolute Gasteiger partial charge is 0.206 e. The minimum atomic E-state index is 0.189. The molecule has 0 radical (unpaired) electrons. The van der Waals surface area contributed by atoms with Gasteiger partial charge < -0.3 is 10.1 Å². The van der Waals surface area contributed by atoms with E-state index in [0.717, 1.165) is 6.54 Å². The highest BCUT2D eigenvalue weighted by Gasteiger charge is 2.04. The monoisotopic (exact) mass is 234 g/mol. The van der Waals surface area contributed by atoms with Gasteiger partial charge in [-0.05, 0) is 13.2 Å². The molecular weight excluding hydrogens is 212 g/mol. The molecule has 6 heteroatoms. The highest BCUT2D eigenvalue weighted by molar-refractivity contribution is 7.99. The summed E-state index contributed by atoms with van der Waals surface area (Å²) >= 11 is 1.78. The molecule has 0 aromatic rings. The normalized spacial score (nSPS) is 15.9. The maximum Gasteiger partial charge on any atom is 0.206 e. The second-order valence-corrected chi connectivity index (χ2v) is 4.66. The number of nitrogens with one attached hydrogen (secondary N) is 2. The van der Waals surface area contributed by atoms with Crippen molar-refractivity contribution in [1.29, 1.82) is 0 Å². The number of nitrogens with two attached hydrogens (primary N) is 1. The molecule has 0 saturated heterocycles. The molecule has 0 aromatic heterocycles. The SMILES string of the molecule is COCC(C)NC(=NCC(C)SC)NN. The van der Waals surface area contributed by atoms with Crippen LogP contribution >= 0.6 is 11.8 Å². The van der Waals surface area contributed by atoms with Crippen LogP contribution in [0.4, 0.5) is 0 Å². The topological polar surface area (TPSA) is 71.7 Å². The number of hydrazine groups is 1. The van der Waals surface area contributed by atoms with Gasteiger partial charge in [0.15, 0.2) is 0 Å². The van der Waals surface area contributed by atoms with Crippen LogP contribution in [0.15, 0.2) is 4.99 Å². The van der Waals surface area contributed by atoms with Crippen LogP contribution in [-0.4, -0.2) is 43.8 Å². The molecule has 90 valence electrons. The van der Waals surface area contributed by atoms with Crippen molar-refractivity contribution in [3.63, 3.8) is 0 Å². The van der Waals surface area contributed by atoms with Gasteiger partial charge in [0.25, 0.3) is 0 Å². The van der Waals surface area contributed by atoms with E-state index in [0.29, 0.717) is 17.8 Å². The van der Waals surface area contributed by atoms with Crippen molar-refractivity contribution in [2.24, 2.45) is 10.8 Å². The Morgan fingerprint density at radius 2 is 2.20 bits per heavy atom. The van der Waals surface area contributed by atoms with Crippen molar-refractivity contribution in [3.05, 3.63) is 0 Å². The Morgan fingerprint density at radius 3 is 2.67 bits per heavy atom. The number of hydrogen-bond donors (Lipinski definition) is 3. The van der Waals surface area contributed by atoms with Crippen molar-refractivity contribution in [1.82, 2.24) is 10.7 Å². The summed E-state index contributed by atoms with van der Waals surface area (Å²) < 4.78 is 5.01. The second kappa shape index (κ2) is 8.82. The molecule has 2 unspecified atom stereocenters. The summed E-state index contributed by atoms with van der Waals surface area (Å²) in [5.41, 5.74) is 2.54. The predicted octanol–water partition coefficient (Wildman–Crippen LogP) is 0.182. The number of methoxy groups -OCH3 is 1. The average molecular weight is 234 g/mol. The molecule has 2 atom stereocenters. The molecule has 0 saturated carbocycles. The lowest BCUT2D eigenvalue weighted by Gasteiger charge is -2.16. The number of ether oxygens (including phenoxy) is 1. The van der Waals surface area contributed by atoms with Gasteiger partial charge >= 0.3 is 0 Å². The third kappa shape index (κ3) is 7.47. The summed E-state index contributed by atoms with van der Waals surface area (Å²) in [7, 11) is 1.67. The van der Waals surface area contributed by atoms with E-state index < -0.39 is 0 Å². The van der Waals surface area contributed by atoms with Crippen molar-refractivity contribution < 1.29 is 4.74 Å². The van der Waals surface area contributed by atoms with Gasteiger partial charge in [-0.25, -0.2) is 5.84 Å². The minimum absolute atomic E-state index is 0.189. The van der Waals surface area contributed by atoms with Gasteiger partial charge in [0.2, 0.25) is 5.96 Å². The maximum absolute atomic E-state index is 5.35. The van der Waals surface area contributed by atoms with Crippen LogP contribution in [0.3, 0.4) is 0 Å². The summed E-state index contributed by atoms with van der Waals surface area (Å²) in [4.78, 5) is 4.33. The first-order chi connectivity index (χ1) is 7.13. The van der Waals surface area contributed by atoms with Gasteiger partial charge in [-0.1, -0.05) is 6.92 Å². The van der Waals surface area contributed by atoms with E-state index >= 15 is 0 Å². The van der Waals surface area contributed by atoms with Crippen LogP contribution in [0.25, 0.3) is 0 Å². The Kier molecular flexibility index (Phi) is 8.55. The summed E-state index contributed by atoms with van der Waals surface area (Å²) in [6, 6.07) is 0.189. The van der Waals surface area contributed by atoms with Gasteiger partial charge in [-0.15, -0.1) is 0 Å². The molecule has 5 nitrogen and oxygen atoms in total. The van der Waals surface area contributed by atoms with Crippen molar-refractivity contribution in [2.75, 3.05) is 26.5 Å². The first kappa shape index (κ1) is 14.5. The lowest BCUT2D eigenvalue weighted by molar-refractivity contribution is 0.179. The zero-order valence-corrected chi connectivity index (χ0v) is 10.7. The van der Waals surface area contributed by atoms with E-state index in [1.165, 1.54) is 0 Å². The van der Waals surface area contributed by atoms with Crippen LogP contribution in [-0.2, 0) is 4.74 Å². The van der Waals surface area contributed by atoms with Crippen LogP contribution in [0.1, 0.15) is 13.8 Å². The molecule has 4 N–H and O–H groups in total. The van der Waals surface area contributed by atoms with E-state index in [1.807, 2.05) is 6.92 Å². The predicted molar refractivity (Wildman–Crippen MR) is 67.1 cm³/mol. The second-order valence-electron chi connectivity index (χ2n) is 3.38. The minimum Gasteiger partial charge on any atom is -0.383 e. The Balaban J connectivity index is 3.99. The van der Waals surface area contributed by atoms with Crippen LogP contribution in [0, 0.1) is 0 Å². The molecule has 0 heterocycles. The fourth-order valence-corrected chi connectivity index (χ4v) is 1.18. The number of aliphatic imine (C=N–C) groups is 1. The molecule has 0 amide bonds. The summed E-state index contributed by atoms with van der Waals surface area (Å²) in [6.07, 6.45) is 2.07. The maximum atomic E-state index is 5.35. The number of hydrogen-bond acceptors (Lipinski definition) is 4. The molecule has 0 fully saturated rings. The Hall–Kier alpha value is -0.460. The standard InChI is InChI=1S/C9H22N4OS/c1-7(6-14-3)12-9(13-10)11-5-8(2)15-4/h7-8H,5-6,10H2,1-4H3,(H2,11,12,13). The molecule has 0 bridgehead atoms. The zero-order valence-electron chi connectivity index (χ0n) is 9.91. The molecule has 0 rings (SSSR count). The van der Waals surface area contributed by atoms with Gasteiger partial charge in [-0.2, -0.15) is 11.8 Å². The number of thioether (sulfide) groups is 1. The van der Waals surface area contributed by atoms with Crippen LogP contribution in [0.5, 0.6) is 0 Å². The number of nitrogens with zero attached hydrogens (tertiary/aromatic N) is 1. The molecule has 0 aliphatic heterocycles. The molecule has 0 aromatic carbocycles. The highest BCUT2D eigenvalue weighted by atomic mass is 32.2. The lowest BCUT2D eigenvalue weighted by Crippen LogP contribution is -2.47. The van der Waals surface area contributed by atoms with E-state index in [1.54, 1.807) is 18.9 Å². The Labute approximate surface area is 96.2 Å². The van der Waals surface area contributed by atoms with Gasteiger partial charge in [0, 0.05) is 18.4 Å². The molecule has 15 heavy (non-hydrogen) atoms. The zero-order chi connectivity index (χ0) is 11.7. The first-order valence-corrected chi connectivity index (χ1v) is 6.22. The Morgan fingerprint density at radius 1 is 1.53 bits per heavy atom. The number of guanidine groups is 1. The van der Waals surface area contributed by atoms with Crippen molar-refractivity contribution in [3.8, 4) is 0 Å². The van der Waals surface area contributed by atoms with Crippen LogP contribution in [0.2, 0.25) is 0 Å². The van der Waals surface area contributed by atoms with Crippen LogP contribution < -0.4 is 16.6 Å². The largest absolute Gasteiger partial charge is 0.383 e. The van der Waals surface area contributed by atoms with E-state index in [9.17, 15) is 0 Å². The average Bonchev–Trinajstić information content (AvgIpc) is 2.23. The fraction of sp³-hybridized carbons (Fsp3) is 0.889. The number of rotatable bonds is 6. The van der Waals surface area contributed by atoms with E-state index in [2.05, 4.69) is 28.9 Å². The lowest BCUT2D eigenvalue weighted by atomic mass is 10.4. The van der Waals surface area contributed by atoms with Gasteiger partial charge in [-0.3, -0.25) is 10.4 Å². The van der Waals surface area contributed by atoms with Gasteiger partial charge in [0.1, 0.15) is 0 Å². The third-order valence-corrected chi connectivity index (χ3v) is 2.80. The quantitative estimate of drug-likeness (QED) is 0.265. The molecule has 0 aliphatic rings. The fourth-order valence-electron chi connectivity index (χ4n) is 0.952. The van der Waals surface area contributed by atoms with E-state index in [4.69, 9.17) is 10.6 Å². The first-order valence-electron chi connectivity index (χ1n) is 4.93. The van der Waals surface area contributed by atoms with Crippen molar-refractivity contribution >= 4 is 17.7 Å². The van der Waals surface area contributed by atoms with E-state index in [-0.39, 0.29) is 6.04 Å². The molecule has 0 aliphatic carbocycles. The summed E-state index contributed by atoms with van der Waals surface area (Å²) in [5.74, 6) is 5.97. The highest BCUT2D eigenvalue weighted by Crippen LogP contribution is 2.04. The Bertz CT molecular complexity index is 189. The summed E-state index contributed by atoms with van der Waals surface area (Å²) in [6.45, 7) is 5.50. The van der Waals surface area contributed by atoms with Gasteiger partial charge in [0.05, 0.1) is 13.2 Å². The van der Waals surface area contributed by atoms with Crippen molar-refractivity contribution in [2.45, 2.75) is 25.1 Å². The third-order valence-electron chi connectivity index (χ3n) is 1.85.